The second-order valence-corrected chi connectivity index (χ2v) is 14.2. The summed E-state index contributed by atoms with van der Waals surface area (Å²) < 4.78 is 18.1. The normalized spacial score (nSPS) is 15.3. The lowest BCUT2D eigenvalue weighted by molar-refractivity contribution is 0.593. The minimum absolute atomic E-state index is 0.797. The van der Waals surface area contributed by atoms with Crippen LogP contribution in [-0.4, -0.2) is 9.55 Å². The van der Waals surface area contributed by atoms with Gasteiger partial charge in [0.15, 0.2) is 7.14 Å². The largest absolute Gasteiger partial charge is 0.309 e. The maximum atomic E-state index is 15.9. The second-order valence-electron chi connectivity index (χ2n) is 11.5. The van der Waals surface area contributed by atoms with Gasteiger partial charge in [0.05, 0.1) is 22.0 Å². The molecule has 1 unspecified atom stereocenters. The van der Waals surface area contributed by atoms with E-state index < -0.39 is 7.14 Å². The van der Waals surface area contributed by atoms with E-state index in [1.165, 1.54) is 0 Å². The van der Waals surface area contributed by atoms with Crippen molar-refractivity contribution in [3.8, 4) is 39.3 Å². The fourth-order valence-corrected chi connectivity index (χ4v) is 10.3. The van der Waals surface area contributed by atoms with Crippen molar-refractivity contribution in [2.45, 2.75) is 0 Å². The molecule has 0 radical (unpaired) electrons. The average molecular weight is 595 g/mol. The summed E-state index contributed by atoms with van der Waals surface area (Å²) in [5.41, 5.74) is 8.18. The summed E-state index contributed by atoms with van der Waals surface area (Å²) in [6.07, 6.45) is 0. The molecule has 1 atom stereocenters. The quantitative estimate of drug-likeness (QED) is 0.191. The number of fused-ring (bicyclic) bond motifs is 7. The van der Waals surface area contributed by atoms with Crippen LogP contribution < -0.4 is 15.9 Å². The minimum atomic E-state index is -3.24. The van der Waals surface area contributed by atoms with Gasteiger partial charge in [-0.3, -0.25) is 4.57 Å². The van der Waals surface area contributed by atoms with Crippen molar-refractivity contribution in [1.82, 2.24) is 9.55 Å². The van der Waals surface area contributed by atoms with Gasteiger partial charge in [-0.15, -0.1) is 0 Å². The van der Waals surface area contributed by atoms with Gasteiger partial charge in [0.2, 0.25) is 0 Å². The molecule has 1 aliphatic rings. The van der Waals surface area contributed by atoms with E-state index in [0.29, 0.717) is 0 Å². The van der Waals surface area contributed by atoms with Crippen LogP contribution in [0.2, 0.25) is 0 Å². The zero-order valence-electron chi connectivity index (χ0n) is 24.3. The Morgan fingerprint density at radius 1 is 0.511 bits per heavy atom. The molecule has 0 bridgehead atoms. The van der Waals surface area contributed by atoms with Crippen LogP contribution in [0.15, 0.2) is 164 Å². The molecule has 8 aromatic rings. The lowest BCUT2D eigenvalue weighted by Gasteiger charge is -2.19. The molecular weight excluding hydrogens is 567 g/mol. The fraction of sp³-hybridized carbons (Fsp3) is 0. The van der Waals surface area contributed by atoms with E-state index in [1.54, 1.807) is 0 Å². The molecule has 212 valence electrons. The topological polar surface area (TPSA) is 34.9 Å². The van der Waals surface area contributed by atoms with Crippen LogP contribution >= 0.6 is 7.14 Å². The van der Waals surface area contributed by atoms with Crippen LogP contribution in [0.25, 0.3) is 61.1 Å². The first-order valence-electron chi connectivity index (χ1n) is 15.2. The standard InChI is InChI=1S/C41H27N2OP/c44-45(31-18-8-3-9-19-31)38-23-13-11-21-33(38)35-25-24-34-32-20-10-12-22-37(32)43(40(34)41(35)45)39-27-30(28-14-4-1-5-15-28)26-36(42-39)29-16-6-2-7-17-29/h1-27H. The summed E-state index contributed by atoms with van der Waals surface area (Å²) in [4.78, 5) is 5.34. The Balaban J connectivity index is 1.45. The lowest BCUT2D eigenvalue weighted by Crippen LogP contribution is -2.22. The Bertz CT molecular complexity index is 2390. The molecule has 0 fully saturated rings. The van der Waals surface area contributed by atoms with E-state index in [2.05, 4.69) is 95.6 Å². The SMILES string of the molecule is O=P1(c2ccccc2)c2ccccc2-c2ccc3c4ccccc4n(-c4cc(-c5ccccc5)cc(-c5ccccc5)n4)c3c21. The Kier molecular flexibility index (Phi) is 5.78. The van der Waals surface area contributed by atoms with Crippen molar-refractivity contribution in [2.75, 3.05) is 0 Å². The summed E-state index contributed by atoms with van der Waals surface area (Å²) in [6, 6.07) is 56.1. The Hall–Kier alpha value is -5.50. The van der Waals surface area contributed by atoms with Gasteiger partial charge in [0.25, 0.3) is 0 Å². The van der Waals surface area contributed by atoms with Crippen molar-refractivity contribution in [3.63, 3.8) is 0 Å². The number of nitrogens with zero attached hydrogens (tertiary/aromatic N) is 2. The maximum absolute atomic E-state index is 15.9. The molecule has 0 N–H and O–H groups in total. The molecule has 3 heterocycles. The summed E-state index contributed by atoms with van der Waals surface area (Å²) >= 11 is 0. The van der Waals surface area contributed by atoms with Crippen molar-refractivity contribution in [3.05, 3.63) is 164 Å². The van der Waals surface area contributed by atoms with E-state index in [9.17, 15) is 0 Å². The van der Waals surface area contributed by atoms with Crippen LogP contribution in [0.4, 0.5) is 0 Å². The summed E-state index contributed by atoms with van der Waals surface area (Å²) in [6.45, 7) is 0. The molecule has 0 saturated carbocycles. The number of aromatic nitrogens is 2. The molecule has 0 spiro atoms. The highest BCUT2D eigenvalue weighted by molar-refractivity contribution is 7.86. The highest BCUT2D eigenvalue weighted by Gasteiger charge is 2.42. The van der Waals surface area contributed by atoms with Gasteiger partial charge in [-0.1, -0.05) is 146 Å². The number of pyridine rings is 1. The highest BCUT2D eigenvalue weighted by Crippen LogP contribution is 2.54. The van der Waals surface area contributed by atoms with Crippen molar-refractivity contribution in [2.24, 2.45) is 0 Å². The number of para-hydroxylation sites is 1. The molecule has 45 heavy (non-hydrogen) atoms. The van der Waals surface area contributed by atoms with E-state index >= 15 is 4.57 Å². The minimum Gasteiger partial charge on any atom is -0.309 e. The Morgan fingerprint density at radius 3 is 1.93 bits per heavy atom. The van der Waals surface area contributed by atoms with E-state index in [-0.39, 0.29) is 0 Å². The predicted molar refractivity (Wildman–Crippen MR) is 188 cm³/mol. The molecule has 0 saturated heterocycles. The average Bonchev–Trinajstić information content (AvgIpc) is 3.59. The molecular formula is C41H27N2OP. The summed E-state index contributed by atoms with van der Waals surface area (Å²) in [7, 11) is -3.24. The van der Waals surface area contributed by atoms with Gasteiger partial charge in [-0.2, -0.15) is 0 Å². The third kappa shape index (κ3) is 3.84. The van der Waals surface area contributed by atoms with Crippen LogP contribution in [0, 0.1) is 0 Å². The van der Waals surface area contributed by atoms with Crippen LogP contribution in [0.5, 0.6) is 0 Å². The van der Waals surface area contributed by atoms with E-state index in [4.69, 9.17) is 4.98 Å². The van der Waals surface area contributed by atoms with Gasteiger partial charge in [-0.25, -0.2) is 4.98 Å². The van der Waals surface area contributed by atoms with Gasteiger partial charge >= 0.3 is 0 Å². The zero-order chi connectivity index (χ0) is 30.0. The summed E-state index contributed by atoms with van der Waals surface area (Å²) in [5, 5.41) is 4.81. The molecule has 4 heteroatoms. The van der Waals surface area contributed by atoms with Crippen LogP contribution in [0.1, 0.15) is 0 Å². The van der Waals surface area contributed by atoms with E-state index in [0.717, 1.165) is 77.0 Å². The number of benzene rings is 6. The Morgan fingerprint density at radius 2 is 1.16 bits per heavy atom. The van der Waals surface area contributed by atoms with Gasteiger partial charge < -0.3 is 4.57 Å². The molecule has 3 nitrogen and oxygen atoms in total. The molecule has 0 amide bonds. The third-order valence-corrected chi connectivity index (χ3v) is 12.2. The number of hydrogen-bond acceptors (Lipinski definition) is 2. The Labute approximate surface area is 261 Å². The first kappa shape index (κ1) is 25.9. The van der Waals surface area contributed by atoms with Crippen molar-refractivity contribution >= 4 is 44.9 Å². The first-order chi connectivity index (χ1) is 22.2. The van der Waals surface area contributed by atoms with Crippen LogP contribution in [-0.2, 0) is 4.57 Å². The van der Waals surface area contributed by atoms with Crippen LogP contribution in [0.3, 0.4) is 0 Å². The smallest absolute Gasteiger partial charge is 0.174 e. The second kappa shape index (κ2) is 10.0. The van der Waals surface area contributed by atoms with Crippen molar-refractivity contribution in [1.29, 1.82) is 0 Å². The molecule has 2 aromatic heterocycles. The lowest BCUT2D eigenvalue weighted by atomic mass is 10.0. The van der Waals surface area contributed by atoms with Gasteiger partial charge in [0, 0.05) is 26.9 Å². The molecule has 9 rings (SSSR count). The number of rotatable bonds is 4. The molecule has 1 aliphatic heterocycles. The van der Waals surface area contributed by atoms with Crippen molar-refractivity contribution < 1.29 is 4.57 Å². The molecule has 0 aliphatic carbocycles. The zero-order valence-corrected chi connectivity index (χ0v) is 25.2. The predicted octanol–water partition coefficient (Wildman–Crippen LogP) is 9.13. The van der Waals surface area contributed by atoms with Gasteiger partial charge in [0.1, 0.15) is 5.82 Å². The maximum Gasteiger partial charge on any atom is 0.174 e. The van der Waals surface area contributed by atoms with E-state index in [1.807, 2.05) is 72.8 Å². The first-order valence-corrected chi connectivity index (χ1v) is 16.9. The van der Waals surface area contributed by atoms with Gasteiger partial charge in [-0.05, 0) is 40.5 Å². The summed E-state index contributed by atoms with van der Waals surface area (Å²) in [5.74, 6) is 0.797. The number of hydrogen-bond donors (Lipinski definition) is 0. The fourth-order valence-electron chi connectivity index (χ4n) is 7.00. The highest BCUT2D eigenvalue weighted by atomic mass is 31.2. The molecule has 6 aromatic carbocycles. The monoisotopic (exact) mass is 594 g/mol. The third-order valence-electron chi connectivity index (χ3n) is 9.00.